The number of nitrogens with one attached hydrogen (secondary N) is 2. The highest BCUT2D eigenvalue weighted by molar-refractivity contribution is 8.00. The van der Waals surface area contributed by atoms with Crippen molar-refractivity contribution in [3.05, 3.63) is 56.6 Å². The second-order valence-electron chi connectivity index (χ2n) is 5.06. The molecule has 6 nitrogen and oxygen atoms in total. The van der Waals surface area contributed by atoms with Gasteiger partial charge in [-0.15, -0.1) is 0 Å². The van der Waals surface area contributed by atoms with Crippen LogP contribution in [0.4, 0.5) is 0 Å². The monoisotopic (exact) mass is 362 g/mol. The zero-order chi connectivity index (χ0) is 17.7. The number of benzene rings is 1. The maximum absolute atomic E-state index is 12.1. The van der Waals surface area contributed by atoms with Crippen molar-refractivity contribution in [2.45, 2.75) is 24.9 Å². The summed E-state index contributed by atoms with van der Waals surface area (Å²) in [5.74, 6) is -0.199. The topological polar surface area (TPSA) is 98.6 Å². The third kappa shape index (κ3) is 4.37. The number of carbonyl (C=O) groups is 1. The van der Waals surface area contributed by atoms with Gasteiger partial charge in [-0.2, -0.15) is 10.2 Å². The molecule has 0 bridgehead atoms. The fourth-order valence-electron chi connectivity index (χ4n) is 2.12. The third-order valence-electron chi connectivity index (χ3n) is 3.29. The average Bonchev–Trinajstić information content (AvgIpc) is 2.52. The van der Waals surface area contributed by atoms with Crippen molar-refractivity contribution < 1.29 is 4.79 Å². The molecule has 0 unspecified atom stereocenters. The molecule has 0 fully saturated rings. The van der Waals surface area contributed by atoms with E-state index in [0.717, 1.165) is 17.3 Å². The smallest absolute Gasteiger partial charge is 0.346 e. The van der Waals surface area contributed by atoms with E-state index < -0.39 is 5.69 Å². The summed E-state index contributed by atoms with van der Waals surface area (Å²) in [4.78, 5) is 29.7. The first-order valence-electron chi connectivity index (χ1n) is 7.10. The lowest BCUT2D eigenvalue weighted by Gasteiger charge is -2.15. The SMILES string of the molecule is Cc1[nH]c(=O)nc(SCC(=O)N[C@@H](C)c2ccccc2Cl)c1C#N. The van der Waals surface area contributed by atoms with Crippen LogP contribution in [0.15, 0.2) is 34.1 Å². The van der Waals surface area contributed by atoms with Gasteiger partial charge >= 0.3 is 5.69 Å². The van der Waals surface area contributed by atoms with Crippen LogP contribution in [0.2, 0.25) is 5.02 Å². The lowest BCUT2D eigenvalue weighted by Crippen LogP contribution is -2.28. The van der Waals surface area contributed by atoms with E-state index in [-0.39, 0.29) is 28.3 Å². The molecular formula is C16H15ClN4O2S. The average molecular weight is 363 g/mol. The fraction of sp³-hybridized carbons (Fsp3) is 0.250. The number of thioether (sulfide) groups is 1. The highest BCUT2D eigenvalue weighted by Crippen LogP contribution is 2.23. The second-order valence-corrected chi connectivity index (χ2v) is 6.43. The summed E-state index contributed by atoms with van der Waals surface area (Å²) in [6.45, 7) is 3.45. The van der Waals surface area contributed by atoms with Gasteiger partial charge in [-0.25, -0.2) is 4.79 Å². The Bertz CT molecular complexity index is 860. The van der Waals surface area contributed by atoms with Crippen LogP contribution in [0.3, 0.4) is 0 Å². The molecule has 0 saturated heterocycles. The zero-order valence-electron chi connectivity index (χ0n) is 13.1. The van der Waals surface area contributed by atoms with E-state index in [4.69, 9.17) is 16.9 Å². The van der Waals surface area contributed by atoms with Crippen LogP contribution >= 0.6 is 23.4 Å². The number of nitriles is 1. The van der Waals surface area contributed by atoms with Crippen molar-refractivity contribution in [1.82, 2.24) is 15.3 Å². The van der Waals surface area contributed by atoms with E-state index in [0.29, 0.717) is 10.7 Å². The van der Waals surface area contributed by atoms with Crippen molar-refractivity contribution in [3.8, 4) is 6.07 Å². The zero-order valence-corrected chi connectivity index (χ0v) is 14.7. The molecule has 1 atom stereocenters. The molecule has 24 heavy (non-hydrogen) atoms. The highest BCUT2D eigenvalue weighted by Gasteiger charge is 2.15. The molecule has 2 aromatic rings. The predicted molar refractivity (Wildman–Crippen MR) is 93.0 cm³/mol. The minimum absolute atomic E-state index is 0.0410. The van der Waals surface area contributed by atoms with Crippen molar-refractivity contribution in [2.75, 3.05) is 5.75 Å². The maximum Gasteiger partial charge on any atom is 0.346 e. The first-order chi connectivity index (χ1) is 11.4. The van der Waals surface area contributed by atoms with Crippen molar-refractivity contribution in [3.63, 3.8) is 0 Å². The number of hydrogen-bond donors (Lipinski definition) is 2. The van der Waals surface area contributed by atoms with Gasteiger partial charge in [-0.3, -0.25) is 4.79 Å². The number of aromatic amines is 1. The molecule has 0 saturated carbocycles. The van der Waals surface area contributed by atoms with Gasteiger partial charge in [0.05, 0.1) is 11.8 Å². The van der Waals surface area contributed by atoms with Crippen LogP contribution in [0.5, 0.6) is 0 Å². The van der Waals surface area contributed by atoms with Gasteiger partial charge in [0, 0.05) is 10.7 Å². The molecule has 124 valence electrons. The van der Waals surface area contributed by atoms with Crippen LogP contribution in [-0.4, -0.2) is 21.6 Å². The van der Waals surface area contributed by atoms with Gasteiger partial charge in [0.15, 0.2) is 0 Å². The summed E-state index contributed by atoms with van der Waals surface area (Å²) in [6, 6.07) is 9.00. The van der Waals surface area contributed by atoms with Crippen molar-refractivity contribution >= 4 is 29.3 Å². The number of halogens is 1. The molecule has 2 rings (SSSR count). The quantitative estimate of drug-likeness (QED) is 0.629. The summed E-state index contributed by atoms with van der Waals surface area (Å²) in [5, 5.41) is 12.8. The van der Waals surface area contributed by atoms with Crippen LogP contribution in [0, 0.1) is 18.3 Å². The van der Waals surface area contributed by atoms with Crippen molar-refractivity contribution in [2.24, 2.45) is 0 Å². The normalized spacial score (nSPS) is 11.6. The van der Waals surface area contributed by atoms with Crippen molar-refractivity contribution in [1.29, 1.82) is 5.26 Å². The Labute approximate surface area is 148 Å². The Hall–Kier alpha value is -2.30. The van der Waals surface area contributed by atoms with E-state index in [2.05, 4.69) is 15.3 Å². The molecule has 0 radical (unpaired) electrons. The van der Waals surface area contributed by atoms with E-state index in [1.54, 1.807) is 13.0 Å². The number of amides is 1. The number of nitrogens with zero attached hydrogens (tertiary/aromatic N) is 2. The van der Waals surface area contributed by atoms with Crippen LogP contribution < -0.4 is 11.0 Å². The van der Waals surface area contributed by atoms with E-state index in [1.807, 2.05) is 31.2 Å². The largest absolute Gasteiger partial charge is 0.349 e. The summed E-state index contributed by atoms with van der Waals surface area (Å²) >= 11 is 7.16. The maximum atomic E-state index is 12.1. The Morgan fingerprint density at radius 3 is 2.88 bits per heavy atom. The molecule has 8 heteroatoms. The molecule has 0 aliphatic heterocycles. The second kappa shape index (κ2) is 7.99. The molecule has 1 amide bonds. The lowest BCUT2D eigenvalue weighted by molar-refractivity contribution is -0.119. The Morgan fingerprint density at radius 1 is 1.50 bits per heavy atom. The first-order valence-corrected chi connectivity index (χ1v) is 8.46. The number of rotatable bonds is 5. The minimum atomic E-state index is -0.543. The number of carbonyl (C=O) groups excluding carboxylic acids is 1. The third-order valence-corrected chi connectivity index (χ3v) is 4.61. The fourth-order valence-corrected chi connectivity index (χ4v) is 3.26. The number of aromatic nitrogens is 2. The number of H-pyrrole nitrogens is 1. The summed E-state index contributed by atoms with van der Waals surface area (Å²) in [6.07, 6.45) is 0. The number of aryl methyl sites for hydroxylation is 1. The molecule has 0 aliphatic carbocycles. The van der Waals surface area contributed by atoms with Crippen LogP contribution in [0.1, 0.15) is 29.8 Å². The van der Waals surface area contributed by atoms with Crippen LogP contribution in [-0.2, 0) is 4.79 Å². The van der Waals surface area contributed by atoms with E-state index in [9.17, 15) is 9.59 Å². The lowest BCUT2D eigenvalue weighted by atomic mass is 10.1. The molecule has 1 aromatic carbocycles. The van der Waals surface area contributed by atoms with Gasteiger partial charge in [0.25, 0.3) is 0 Å². The van der Waals surface area contributed by atoms with E-state index >= 15 is 0 Å². The van der Waals surface area contributed by atoms with E-state index in [1.165, 1.54) is 0 Å². The standard InChI is InChI=1S/C16H15ClN4O2S/c1-9(11-5-3-4-6-13(11)17)19-14(22)8-24-15-12(7-18)10(2)20-16(23)21-15/h3-6,9H,8H2,1-2H3,(H,19,22)(H,20,21,23)/t9-/m0/s1. The number of hydrogen-bond acceptors (Lipinski definition) is 5. The Kier molecular flexibility index (Phi) is 6.01. The predicted octanol–water partition coefficient (Wildman–Crippen LogP) is 2.57. The Morgan fingerprint density at radius 2 is 2.21 bits per heavy atom. The van der Waals surface area contributed by atoms with Gasteiger partial charge in [0.2, 0.25) is 5.91 Å². The molecule has 1 heterocycles. The summed E-state index contributed by atoms with van der Waals surface area (Å²) in [5.41, 5.74) is 0.982. The summed E-state index contributed by atoms with van der Waals surface area (Å²) < 4.78 is 0. The van der Waals surface area contributed by atoms with Gasteiger partial charge in [-0.1, -0.05) is 41.6 Å². The first kappa shape index (κ1) is 18.0. The highest BCUT2D eigenvalue weighted by atomic mass is 35.5. The molecule has 2 N–H and O–H groups in total. The molecule has 0 spiro atoms. The van der Waals surface area contributed by atoms with Crippen LogP contribution in [0.25, 0.3) is 0 Å². The molecule has 1 aromatic heterocycles. The molecule has 0 aliphatic rings. The molecular weight excluding hydrogens is 348 g/mol. The van der Waals surface area contributed by atoms with Gasteiger partial charge in [0.1, 0.15) is 16.7 Å². The Balaban J connectivity index is 2.03. The minimum Gasteiger partial charge on any atom is -0.349 e. The van der Waals surface area contributed by atoms with Gasteiger partial charge in [-0.05, 0) is 25.5 Å². The summed E-state index contributed by atoms with van der Waals surface area (Å²) in [7, 11) is 0. The van der Waals surface area contributed by atoms with Gasteiger partial charge < -0.3 is 10.3 Å².